The summed E-state index contributed by atoms with van der Waals surface area (Å²) in [6.45, 7) is 4.23. The zero-order chi connectivity index (χ0) is 12.4. The highest BCUT2D eigenvalue weighted by molar-refractivity contribution is 6.30. The molecule has 0 aromatic heterocycles. The molecular formula is C15H16ClN. The fourth-order valence-electron chi connectivity index (χ4n) is 1.96. The standard InChI is InChI=1S/C15H16ClN/c1-11-8-12(2)10-15(9-11)17(3)14-6-4-13(16)5-7-14/h4-10H,1-3H3. The summed E-state index contributed by atoms with van der Waals surface area (Å²) in [7, 11) is 2.07. The van der Waals surface area contributed by atoms with Crippen LogP contribution in [0.15, 0.2) is 42.5 Å². The van der Waals surface area contributed by atoms with E-state index in [1.807, 2.05) is 24.3 Å². The van der Waals surface area contributed by atoms with Crippen LogP contribution in [0, 0.1) is 13.8 Å². The number of benzene rings is 2. The Morgan fingerprint density at radius 1 is 0.824 bits per heavy atom. The third-order valence-corrected chi connectivity index (χ3v) is 3.06. The van der Waals surface area contributed by atoms with Gasteiger partial charge in [0.2, 0.25) is 0 Å². The maximum atomic E-state index is 5.89. The van der Waals surface area contributed by atoms with Gasteiger partial charge in [-0.15, -0.1) is 0 Å². The number of nitrogens with zero attached hydrogens (tertiary/aromatic N) is 1. The lowest BCUT2D eigenvalue weighted by atomic mass is 10.1. The first-order valence-corrected chi connectivity index (χ1v) is 6.01. The fraction of sp³-hybridized carbons (Fsp3) is 0.200. The molecule has 0 atom stereocenters. The maximum absolute atomic E-state index is 5.89. The highest BCUT2D eigenvalue weighted by Gasteiger charge is 2.04. The van der Waals surface area contributed by atoms with Crippen LogP contribution >= 0.6 is 11.6 Å². The van der Waals surface area contributed by atoms with Gasteiger partial charge in [0.05, 0.1) is 0 Å². The fourth-order valence-corrected chi connectivity index (χ4v) is 2.08. The van der Waals surface area contributed by atoms with E-state index in [1.54, 1.807) is 0 Å². The predicted molar refractivity (Wildman–Crippen MR) is 75.4 cm³/mol. The van der Waals surface area contributed by atoms with E-state index < -0.39 is 0 Å². The highest BCUT2D eigenvalue weighted by atomic mass is 35.5. The molecule has 17 heavy (non-hydrogen) atoms. The largest absolute Gasteiger partial charge is 0.345 e. The molecule has 1 nitrogen and oxygen atoms in total. The van der Waals surface area contributed by atoms with Gasteiger partial charge in [0.15, 0.2) is 0 Å². The van der Waals surface area contributed by atoms with Crippen LogP contribution in [-0.2, 0) is 0 Å². The monoisotopic (exact) mass is 245 g/mol. The van der Waals surface area contributed by atoms with Crippen LogP contribution in [0.25, 0.3) is 0 Å². The molecule has 2 aromatic rings. The molecule has 2 heteroatoms. The summed E-state index contributed by atoms with van der Waals surface area (Å²) in [4.78, 5) is 2.16. The van der Waals surface area contributed by atoms with Crippen molar-refractivity contribution in [3.8, 4) is 0 Å². The molecule has 0 unspecified atom stereocenters. The van der Waals surface area contributed by atoms with Gasteiger partial charge in [-0.05, 0) is 61.4 Å². The molecule has 0 amide bonds. The molecule has 0 N–H and O–H groups in total. The second-order valence-electron chi connectivity index (χ2n) is 4.38. The average Bonchev–Trinajstić information content (AvgIpc) is 2.28. The topological polar surface area (TPSA) is 3.24 Å². The Morgan fingerprint density at radius 3 is 1.88 bits per heavy atom. The summed E-state index contributed by atoms with van der Waals surface area (Å²) in [5.74, 6) is 0. The van der Waals surface area contributed by atoms with Crippen LogP contribution in [0.2, 0.25) is 5.02 Å². The molecular weight excluding hydrogens is 230 g/mol. The molecule has 0 saturated carbocycles. The Balaban J connectivity index is 2.36. The Morgan fingerprint density at radius 2 is 1.35 bits per heavy atom. The van der Waals surface area contributed by atoms with E-state index in [1.165, 1.54) is 16.8 Å². The second-order valence-corrected chi connectivity index (χ2v) is 4.82. The second kappa shape index (κ2) is 4.80. The van der Waals surface area contributed by atoms with Gasteiger partial charge in [-0.1, -0.05) is 17.7 Å². The van der Waals surface area contributed by atoms with Crippen LogP contribution in [0.4, 0.5) is 11.4 Å². The normalized spacial score (nSPS) is 10.4. The van der Waals surface area contributed by atoms with E-state index in [9.17, 15) is 0 Å². The summed E-state index contributed by atoms with van der Waals surface area (Å²) >= 11 is 5.89. The van der Waals surface area contributed by atoms with Crippen molar-refractivity contribution in [2.45, 2.75) is 13.8 Å². The van der Waals surface area contributed by atoms with E-state index >= 15 is 0 Å². The van der Waals surface area contributed by atoms with Crippen LogP contribution in [-0.4, -0.2) is 7.05 Å². The molecule has 0 radical (unpaired) electrons. The van der Waals surface area contributed by atoms with Crippen LogP contribution < -0.4 is 4.90 Å². The van der Waals surface area contributed by atoms with Crippen molar-refractivity contribution in [2.24, 2.45) is 0 Å². The first-order chi connectivity index (χ1) is 8.06. The first-order valence-electron chi connectivity index (χ1n) is 5.64. The minimum atomic E-state index is 0.766. The molecule has 0 aliphatic heterocycles. The average molecular weight is 246 g/mol. The van der Waals surface area contributed by atoms with Crippen LogP contribution in [0.5, 0.6) is 0 Å². The molecule has 0 spiro atoms. The van der Waals surface area contributed by atoms with E-state index in [0.717, 1.165) is 10.7 Å². The van der Waals surface area contributed by atoms with Crippen molar-refractivity contribution in [3.05, 3.63) is 58.6 Å². The van der Waals surface area contributed by atoms with Gasteiger partial charge < -0.3 is 4.90 Å². The lowest BCUT2D eigenvalue weighted by Crippen LogP contribution is -2.09. The van der Waals surface area contributed by atoms with Crippen molar-refractivity contribution >= 4 is 23.0 Å². The summed E-state index contributed by atoms with van der Waals surface area (Å²) < 4.78 is 0. The molecule has 0 bridgehead atoms. The molecule has 0 saturated heterocycles. The Kier molecular flexibility index (Phi) is 3.39. The molecule has 2 aromatic carbocycles. The van der Waals surface area contributed by atoms with Crippen LogP contribution in [0.1, 0.15) is 11.1 Å². The van der Waals surface area contributed by atoms with Crippen molar-refractivity contribution in [3.63, 3.8) is 0 Å². The molecule has 0 aliphatic carbocycles. The zero-order valence-corrected chi connectivity index (χ0v) is 11.1. The van der Waals surface area contributed by atoms with Crippen molar-refractivity contribution in [1.82, 2.24) is 0 Å². The number of rotatable bonds is 2. The number of hydrogen-bond donors (Lipinski definition) is 0. The smallest absolute Gasteiger partial charge is 0.0413 e. The van der Waals surface area contributed by atoms with Gasteiger partial charge >= 0.3 is 0 Å². The minimum absolute atomic E-state index is 0.766. The van der Waals surface area contributed by atoms with E-state index in [0.29, 0.717) is 0 Å². The lowest BCUT2D eigenvalue weighted by Gasteiger charge is -2.20. The molecule has 88 valence electrons. The summed E-state index contributed by atoms with van der Waals surface area (Å²) in [6, 6.07) is 14.4. The molecule has 0 fully saturated rings. The Labute approximate surface area is 108 Å². The lowest BCUT2D eigenvalue weighted by molar-refractivity contribution is 1.19. The van der Waals surface area contributed by atoms with Gasteiger partial charge in [0.1, 0.15) is 0 Å². The zero-order valence-electron chi connectivity index (χ0n) is 10.4. The quantitative estimate of drug-likeness (QED) is 0.740. The molecule has 2 rings (SSSR count). The first kappa shape index (κ1) is 12.0. The van der Waals surface area contributed by atoms with Gasteiger partial charge in [-0.25, -0.2) is 0 Å². The Bertz CT molecular complexity index is 497. The summed E-state index contributed by atoms with van der Waals surface area (Å²) in [5, 5.41) is 0.766. The molecule has 0 aliphatic rings. The van der Waals surface area contributed by atoms with Gasteiger partial charge in [-0.3, -0.25) is 0 Å². The maximum Gasteiger partial charge on any atom is 0.0413 e. The number of aryl methyl sites for hydroxylation is 2. The number of hydrogen-bond acceptors (Lipinski definition) is 1. The van der Waals surface area contributed by atoms with Crippen molar-refractivity contribution in [1.29, 1.82) is 0 Å². The third-order valence-electron chi connectivity index (χ3n) is 2.81. The predicted octanol–water partition coefficient (Wildman–Crippen LogP) is 4.72. The summed E-state index contributed by atoms with van der Waals surface area (Å²) in [5.41, 5.74) is 4.89. The third kappa shape index (κ3) is 2.80. The van der Waals surface area contributed by atoms with Crippen LogP contribution in [0.3, 0.4) is 0 Å². The highest BCUT2D eigenvalue weighted by Crippen LogP contribution is 2.26. The summed E-state index contributed by atoms with van der Waals surface area (Å²) in [6.07, 6.45) is 0. The SMILES string of the molecule is Cc1cc(C)cc(N(C)c2ccc(Cl)cc2)c1. The van der Waals surface area contributed by atoms with E-state index in [-0.39, 0.29) is 0 Å². The minimum Gasteiger partial charge on any atom is -0.345 e. The van der Waals surface area contributed by atoms with Crippen molar-refractivity contribution < 1.29 is 0 Å². The number of halogens is 1. The van der Waals surface area contributed by atoms with E-state index in [2.05, 4.69) is 44.0 Å². The van der Waals surface area contributed by atoms with Gasteiger partial charge in [-0.2, -0.15) is 0 Å². The van der Waals surface area contributed by atoms with Gasteiger partial charge in [0, 0.05) is 23.4 Å². The van der Waals surface area contributed by atoms with Crippen molar-refractivity contribution in [2.75, 3.05) is 11.9 Å². The van der Waals surface area contributed by atoms with E-state index in [4.69, 9.17) is 11.6 Å². The van der Waals surface area contributed by atoms with Gasteiger partial charge in [0.25, 0.3) is 0 Å². The Hall–Kier alpha value is -1.47. The molecule has 0 heterocycles. The number of anilines is 2.